The molecular weight excluding hydrogens is 262 g/mol. The fourth-order valence-corrected chi connectivity index (χ4v) is 3.31. The molecule has 4 heteroatoms. The van der Waals surface area contributed by atoms with Gasteiger partial charge in [-0.1, -0.05) is 18.2 Å². The molecule has 0 saturated carbocycles. The predicted octanol–water partition coefficient (Wildman–Crippen LogP) is 2.71. The summed E-state index contributed by atoms with van der Waals surface area (Å²) in [5, 5.41) is 7.84. The van der Waals surface area contributed by atoms with Crippen molar-refractivity contribution in [1.29, 1.82) is 0 Å². The van der Waals surface area contributed by atoms with Crippen molar-refractivity contribution in [3.8, 4) is 5.75 Å². The second kappa shape index (κ2) is 5.90. The highest BCUT2D eigenvalue weighted by Gasteiger charge is 2.23. The summed E-state index contributed by atoms with van der Waals surface area (Å²) in [6, 6.07) is 6.96. The molecule has 0 bridgehead atoms. The Hall–Kier alpha value is -1.81. The van der Waals surface area contributed by atoms with Crippen LogP contribution in [0.3, 0.4) is 0 Å². The maximum absolute atomic E-state index is 5.50. The molecule has 1 aromatic heterocycles. The van der Waals surface area contributed by atoms with E-state index in [-0.39, 0.29) is 6.04 Å². The maximum Gasteiger partial charge on any atom is 0.161 e. The predicted molar refractivity (Wildman–Crippen MR) is 83.8 cm³/mol. The SMILES string of the molecule is CCn1ncc(OC)c1C(NC)c1ccc2c(c1)CCC2. The first-order chi connectivity index (χ1) is 10.3. The summed E-state index contributed by atoms with van der Waals surface area (Å²) >= 11 is 0. The number of ether oxygens (including phenoxy) is 1. The van der Waals surface area contributed by atoms with E-state index in [4.69, 9.17) is 4.74 Å². The highest BCUT2D eigenvalue weighted by Crippen LogP contribution is 2.32. The molecule has 0 amide bonds. The van der Waals surface area contributed by atoms with Crippen LogP contribution in [0.15, 0.2) is 24.4 Å². The summed E-state index contributed by atoms with van der Waals surface area (Å²) in [7, 11) is 3.69. The lowest BCUT2D eigenvalue weighted by Gasteiger charge is -2.20. The Balaban J connectivity index is 2.04. The Morgan fingerprint density at radius 3 is 2.86 bits per heavy atom. The Kier molecular flexibility index (Phi) is 3.97. The van der Waals surface area contributed by atoms with Crippen molar-refractivity contribution in [3.63, 3.8) is 0 Å². The van der Waals surface area contributed by atoms with Gasteiger partial charge in [0.2, 0.25) is 0 Å². The lowest BCUT2D eigenvalue weighted by Crippen LogP contribution is -2.22. The van der Waals surface area contributed by atoms with Crippen LogP contribution in [-0.4, -0.2) is 23.9 Å². The van der Waals surface area contributed by atoms with Gasteiger partial charge in [-0.2, -0.15) is 5.10 Å². The number of hydrogen-bond donors (Lipinski definition) is 1. The van der Waals surface area contributed by atoms with Crippen molar-refractivity contribution < 1.29 is 4.74 Å². The molecule has 0 saturated heterocycles. The zero-order valence-electron chi connectivity index (χ0n) is 13.0. The average Bonchev–Trinajstić information content (AvgIpc) is 3.13. The molecule has 2 aromatic rings. The molecule has 4 nitrogen and oxygen atoms in total. The van der Waals surface area contributed by atoms with E-state index < -0.39 is 0 Å². The van der Waals surface area contributed by atoms with E-state index in [1.54, 1.807) is 13.3 Å². The van der Waals surface area contributed by atoms with E-state index >= 15 is 0 Å². The van der Waals surface area contributed by atoms with Gasteiger partial charge in [0.15, 0.2) is 5.75 Å². The second-order valence-electron chi connectivity index (χ2n) is 5.52. The Morgan fingerprint density at radius 2 is 2.14 bits per heavy atom. The van der Waals surface area contributed by atoms with Gasteiger partial charge in [-0.15, -0.1) is 0 Å². The van der Waals surface area contributed by atoms with Gasteiger partial charge in [0.1, 0.15) is 5.69 Å². The van der Waals surface area contributed by atoms with Crippen LogP contribution < -0.4 is 10.1 Å². The van der Waals surface area contributed by atoms with Crippen LogP contribution in [-0.2, 0) is 19.4 Å². The van der Waals surface area contributed by atoms with Crippen LogP contribution in [0.5, 0.6) is 5.75 Å². The average molecular weight is 285 g/mol. The number of fused-ring (bicyclic) bond motifs is 1. The zero-order chi connectivity index (χ0) is 14.8. The molecule has 1 unspecified atom stereocenters. The number of nitrogens with zero attached hydrogens (tertiary/aromatic N) is 2. The van der Waals surface area contributed by atoms with E-state index in [9.17, 15) is 0 Å². The molecule has 0 spiro atoms. The lowest BCUT2D eigenvalue weighted by atomic mass is 9.98. The molecule has 3 rings (SSSR count). The van der Waals surface area contributed by atoms with Crippen LogP contribution in [0, 0.1) is 0 Å². The van der Waals surface area contributed by atoms with Crippen LogP contribution in [0.25, 0.3) is 0 Å². The summed E-state index contributed by atoms with van der Waals surface area (Å²) in [6.07, 6.45) is 5.50. The smallest absolute Gasteiger partial charge is 0.161 e. The largest absolute Gasteiger partial charge is 0.493 e. The Bertz CT molecular complexity index is 611. The fraction of sp³-hybridized carbons (Fsp3) is 0.471. The van der Waals surface area contributed by atoms with Gasteiger partial charge in [-0.25, -0.2) is 0 Å². The molecule has 0 aliphatic heterocycles. The number of aromatic nitrogens is 2. The molecule has 0 radical (unpaired) electrons. The number of hydrogen-bond acceptors (Lipinski definition) is 3. The van der Waals surface area contributed by atoms with Crippen molar-refractivity contribution in [2.45, 2.75) is 38.8 Å². The molecule has 21 heavy (non-hydrogen) atoms. The molecule has 1 aromatic carbocycles. The van der Waals surface area contributed by atoms with Gasteiger partial charge in [0.05, 0.1) is 19.3 Å². The molecule has 1 atom stereocenters. The van der Waals surface area contributed by atoms with Gasteiger partial charge in [-0.05, 0) is 49.9 Å². The monoisotopic (exact) mass is 285 g/mol. The van der Waals surface area contributed by atoms with Crippen molar-refractivity contribution >= 4 is 0 Å². The molecule has 1 aliphatic rings. The van der Waals surface area contributed by atoms with E-state index in [1.165, 1.54) is 36.0 Å². The summed E-state index contributed by atoms with van der Waals surface area (Å²) in [4.78, 5) is 0. The Morgan fingerprint density at radius 1 is 1.33 bits per heavy atom. The van der Waals surface area contributed by atoms with E-state index in [0.29, 0.717) is 0 Å². The minimum atomic E-state index is 0.105. The van der Waals surface area contributed by atoms with Gasteiger partial charge < -0.3 is 10.1 Å². The lowest BCUT2D eigenvalue weighted by molar-refractivity contribution is 0.401. The minimum Gasteiger partial charge on any atom is -0.493 e. The van der Waals surface area contributed by atoms with Gasteiger partial charge in [0.25, 0.3) is 0 Å². The van der Waals surface area contributed by atoms with Crippen LogP contribution in [0.4, 0.5) is 0 Å². The van der Waals surface area contributed by atoms with Gasteiger partial charge >= 0.3 is 0 Å². The third-order valence-electron chi connectivity index (χ3n) is 4.38. The van der Waals surface area contributed by atoms with Crippen molar-refractivity contribution in [2.24, 2.45) is 0 Å². The third kappa shape index (κ3) is 2.44. The van der Waals surface area contributed by atoms with Gasteiger partial charge in [-0.3, -0.25) is 4.68 Å². The highest BCUT2D eigenvalue weighted by molar-refractivity contribution is 5.41. The Labute approximate surface area is 126 Å². The summed E-state index contributed by atoms with van der Waals surface area (Å²) < 4.78 is 7.51. The summed E-state index contributed by atoms with van der Waals surface area (Å²) in [5.41, 5.74) is 5.38. The topological polar surface area (TPSA) is 39.1 Å². The van der Waals surface area contributed by atoms with E-state index in [1.807, 2.05) is 11.7 Å². The first kappa shape index (κ1) is 14.1. The maximum atomic E-state index is 5.50. The third-order valence-corrected chi connectivity index (χ3v) is 4.38. The van der Waals surface area contributed by atoms with Crippen molar-refractivity contribution in [1.82, 2.24) is 15.1 Å². The first-order valence-electron chi connectivity index (χ1n) is 7.67. The van der Waals surface area contributed by atoms with Crippen LogP contribution in [0.1, 0.15) is 41.8 Å². The molecule has 112 valence electrons. The number of aryl methyl sites for hydroxylation is 3. The standard InChI is InChI=1S/C17H23N3O/c1-4-20-17(15(21-3)11-19-20)16(18-2)14-9-8-12-6-5-7-13(12)10-14/h8-11,16,18H,4-7H2,1-3H3. The number of methoxy groups -OCH3 is 1. The van der Waals surface area contributed by atoms with Crippen molar-refractivity contribution in [2.75, 3.05) is 14.2 Å². The molecule has 1 N–H and O–H groups in total. The number of nitrogens with one attached hydrogen (secondary N) is 1. The van der Waals surface area contributed by atoms with E-state index in [2.05, 4.69) is 35.5 Å². The van der Waals surface area contributed by atoms with Crippen molar-refractivity contribution in [3.05, 3.63) is 46.8 Å². The minimum absolute atomic E-state index is 0.105. The second-order valence-corrected chi connectivity index (χ2v) is 5.52. The molecule has 1 aliphatic carbocycles. The molecule has 1 heterocycles. The first-order valence-corrected chi connectivity index (χ1v) is 7.67. The normalized spacial score (nSPS) is 15.0. The zero-order valence-corrected chi connectivity index (χ0v) is 13.0. The van der Waals surface area contributed by atoms with E-state index in [0.717, 1.165) is 18.0 Å². The molecule has 0 fully saturated rings. The van der Waals surface area contributed by atoms with Gasteiger partial charge in [0, 0.05) is 6.54 Å². The number of benzene rings is 1. The highest BCUT2D eigenvalue weighted by atomic mass is 16.5. The number of rotatable bonds is 5. The fourth-order valence-electron chi connectivity index (χ4n) is 3.31. The van der Waals surface area contributed by atoms with Crippen LogP contribution in [0.2, 0.25) is 0 Å². The summed E-state index contributed by atoms with van der Waals surface area (Å²) in [5.74, 6) is 0.844. The van der Waals surface area contributed by atoms with Crippen LogP contribution >= 0.6 is 0 Å². The summed E-state index contributed by atoms with van der Waals surface area (Å²) in [6.45, 7) is 2.94. The molecular formula is C17H23N3O. The quantitative estimate of drug-likeness (QED) is 0.918.